The fraction of sp³-hybridized carbons (Fsp3) is 0.385. The predicted octanol–water partition coefficient (Wildman–Crippen LogP) is 1.35. The summed E-state index contributed by atoms with van der Waals surface area (Å²) in [4.78, 5) is 22.6. The zero-order chi connectivity index (χ0) is 12.3. The number of imide groups is 1. The fourth-order valence-electron chi connectivity index (χ4n) is 2.12. The topological polar surface area (TPSA) is 55.4 Å². The quantitative estimate of drug-likeness (QED) is 0.802. The number of hydrogen-bond acceptors (Lipinski definition) is 3. The molecule has 1 heterocycles. The van der Waals surface area contributed by atoms with Gasteiger partial charge in [-0.3, -0.25) is 14.9 Å². The Kier molecular flexibility index (Phi) is 3.54. The van der Waals surface area contributed by atoms with Gasteiger partial charge in [0.05, 0.1) is 6.61 Å². The van der Waals surface area contributed by atoms with Crippen LogP contribution in [-0.2, 0) is 20.9 Å². The Morgan fingerprint density at radius 1 is 1.29 bits per heavy atom. The zero-order valence-electron chi connectivity index (χ0n) is 9.73. The second-order valence-corrected chi connectivity index (χ2v) is 4.25. The number of amides is 2. The smallest absolute Gasteiger partial charge is 0.227 e. The van der Waals surface area contributed by atoms with E-state index in [1.807, 2.05) is 24.3 Å². The van der Waals surface area contributed by atoms with Gasteiger partial charge < -0.3 is 4.74 Å². The van der Waals surface area contributed by atoms with Crippen molar-refractivity contribution in [3.05, 3.63) is 35.4 Å². The van der Waals surface area contributed by atoms with E-state index in [9.17, 15) is 9.59 Å². The summed E-state index contributed by atoms with van der Waals surface area (Å²) in [5.74, 6) is -0.389. The molecule has 1 N–H and O–H groups in total. The Bertz CT molecular complexity index is 426. The summed E-state index contributed by atoms with van der Waals surface area (Å²) < 4.78 is 5.07. The van der Waals surface area contributed by atoms with Crippen LogP contribution in [0, 0.1) is 0 Å². The van der Waals surface area contributed by atoms with E-state index >= 15 is 0 Å². The molecule has 0 aromatic heterocycles. The molecule has 0 aliphatic carbocycles. The molecule has 90 valence electrons. The lowest BCUT2D eigenvalue weighted by Gasteiger charge is -2.21. The lowest BCUT2D eigenvalue weighted by Crippen LogP contribution is -2.37. The van der Waals surface area contributed by atoms with Crippen LogP contribution in [0.4, 0.5) is 0 Å². The Hall–Kier alpha value is -1.68. The minimum Gasteiger partial charge on any atom is -0.380 e. The molecule has 0 atom stereocenters. The Morgan fingerprint density at radius 3 is 2.65 bits per heavy atom. The summed E-state index contributed by atoms with van der Waals surface area (Å²) in [5.41, 5.74) is 2.09. The largest absolute Gasteiger partial charge is 0.380 e. The summed E-state index contributed by atoms with van der Waals surface area (Å²) in [7, 11) is 1.64. The van der Waals surface area contributed by atoms with E-state index in [1.165, 1.54) is 0 Å². The molecule has 17 heavy (non-hydrogen) atoms. The van der Waals surface area contributed by atoms with Gasteiger partial charge in [0.2, 0.25) is 11.8 Å². The number of hydrogen-bond donors (Lipinski definition) is 1. The third kappa shape index (κ3) is 2.91. The molecule has 2 amide bonds. The monoisotopic (exact) mass is 233 g/mol. The van der Waals surface area contributed by atoms with Gasteiger partial charge in [0, 0.05) is 25.9 Å². The van der Waals surface area contributed by atoms with Gasteiger partial charge in [-0.15, -0.1) is 0 Å². The van der Waals surface area contributed by atoms with Crippen molar-refractivity contribution in [3.8, 4) is 0 Å². The van der Waals surface area contributed by atoms with Crippen molar-refractivity contribution in [1.82, 2.24) is 5.32 Å². The first kappa shape index (κ1) is 11.8. The fourth-order valence-corrected chi connectivity index (χ4v) is 2.12. The van der Waals surface area contributed by atoms with Gasteiger partial charge >= 0.3 is 0 Å². The summed E-state index contributed by atoms with van der Waals surface area (Å²) >= 11 is 0. The van der Waals surface area contributed by atoms with Crippen molar-refractivity contribution < 1.29 is 14.3 Å². The Labute approximate surface area is 100.0 Å². The molecule has 2 rings (SSSR count). The third-order valence-corrected chi connectivity index (χ3v) is 2.88. The maximum Gasteiger partial charge on any atom is 0.227 e. The number of methoxy groups -OCH3 is 1. The maximum atomic E-state index is 11.3. The van der Waals surface area contributed by atoms with E-state index in [1.54, 1.807) is 7.11 Å². The molecular weight excluding hydrogens is 218 g/mol. The highest BCUT2D eigenvalue weighted by Crippen LogP contribution is 2.26. The average molecular weight is 233 g/mol. The number of carbonyl (C=O) groups is 2. The maximum absolute atomic E-state index is 11.3. The summed E-state index contributed by atoms with van der Waals surface area (Å²) in [6.07, 6.45) is 0.754. The van der Waals surface area contributed by atoms with Crippen LogP contribution in [0.15, 0.2) is 24.3 Å². The molecule has 1 saturated heterocycles. The van der Waals surface area contributed by atoms with Crippen molar-refractivity contribution in [2.45, 2.75) is 25.4 Å². The normalized spacial score (nSPS) is 17.0. The van der Waals surface area contributed by atoms with Crippen molar-refractivity contribution in [2.24, 2.45) is 0 Å². The highest BCUT2D eigenvalue weighted by Gasteiger charge is 2.25. The molecule has 0 radical (unpaired) electrons. The van der Waals surface area contributed by atoms with Crippen LogP contribution in [0.2, 0.25) is 0 Å². The summed E-state index contributed by atoms with van der Waals surface area (Å²) in [6.45, 7) is 0.542. The molecule has 4 nitrogen and oxygen atoms in total. The third-order valence-electron chi connectivity index (χ3n) is 2.88. The minimum absolute atomic E-state index is 0.00643. The van der Waals surface area contributed by atoms with Crippen LogP contribution in [0.1, 0.15) is 29.9 Å². The van der Waals surface area contributed by atoms with E-state index in [0.717, 1.165) is 11.1 Å². The molecule has 1 fully saturated rings. The first-order valence-electron chi connectivity index (χ1n) is 5.59. The molecule has 1 aromatic rings. The number of benzene rings is 1. The van der Waals surface area contributed by atoms with Crippen molar-refractivity contribution in [2.75, 3.05) is 7.11 Å². The second-order valence-electron chi connectivity index (χ2n) is 4.25. The van der Waals surface area contributed by atoms with Gasteiger partial charge in [-0.1, -0.05) is 24.3 Å². The highest BCUT2D eigenvalue weighted by atomic mass is 16.5. The Balaban J connectivity index is 2.18. The molecule has 1 aliphatic rings. The highest BCUT2D eigenvalue weighted by molar-refractivity contribution is 5.98. The van der Waals surface area contributed by atoms with Gasteiger partial charge in [-0.2, -0.15) is 0 Å². The van der Waals surface area contributed by atoms with Crippen LogP contribution in [0.5, 0.6) is 0 Å². The second kappa shape index (κ2) is 5.10. The lowest BCUT2D eigenvalue weighted by molar-refractivity contribution is -0.133. The molecule has 0 unspecified atom stereocenters. The molecule has 0 spiro atoms. The predicted molar refractivity (Wildman–Crippen MR) is 62.3 cm³/mol. The average Bonchev–Trinajstić information content (AvgIpc) is 2.28. The van der Waals surface area contributed by atoms with E-state index < -0.39 is 0 Å². The minimum atomic E-state index is -0.191. The molecule has 0 saturated carbocycles. The van der Waals surface area contributed by atoms with Crippen molar-refractivity contribution >= 4 is 11.8 Å². The molecule has 1 aliphatic heterocycles. The van der Waals surface area contributed by atoms with E-state index in [2.05, 4.69) is 5.32 Å². The number of nitrogens with one attached hydrogen (secondary N) is 1. The van der Waals surface area contributed by atoms with Gasteiger partial charge in [0.1, 0.15) is 0 Å². The summed E-state index contributed by atoms with van der Waals surface area (Å²) in [6, 6.07) is 7.86. The van der Waals surface area contributed by atoms with Gasteiger partial charge in [-0.25, -0.2) is 0 Å². The number of ether oxygens (including phenoxy) is 1. The van der Waals surface area contributed by atoms with Gasteiger partial charge in [-0.05, 0) is 11.1 Å². The van der Waals surface area contributed by atoms with E-state index in [-0.39, 0.29) is 17.7 Å². The van der Waals surface area contributed by atoms with E-state index in [0.29, 0.717) is 19.4 Å². The first-order valence-corrected chi connectivity index (χ1v) is 5.59. The number of rotatable bonds is 3. The summed E-state index contributed by atoms with van der Waals surface area (Å²) in [5, 5.41) is 2.32. The van der Waals surface area contributed by atoms with Crippen LogP contribution in [-0.4, -0.2) is 18.9 Å². The zero-order valence-corrected chi connectivity index (χ0v) is 9.73. The molecular formula is C13H15NO3. The van der Waals surface area contributed by atoms with Crippen LogP contribution in [0.3, 0.4) is 0 Å². The SMILES string of the molecule is COCc1cccc(C2CC(=O)NC(=O)C2)c1. The first-order chi connectivity index (χ1) is 8.19. The van der Waals surface area contributed by atoms with Gasteiger partial charge in [0.15, 0.2) is 0 Å². The van der Waals surface area contributed by atoms with Crippen LogP contribution in [0.25, 0.3) is 0 Å². The number of carbonyl (C=O) groups excluding carboxylic acids is 2. The van der Waals surface area contributed by atoms with Crippen molar-refractivity contribution in [1.29, 1.82) is 0 Å². The number of piperidine rings is 1. The van der Waals surface area contributed by atoms with Crippen LogP contribution >= 0.6 is 0 Å². The molecule has 4 heteroatoms. The standard InChI is InChI=1S/C13H15NO3/c1-17-8-9-3-2-4-10(5-9)11-6-12(15)14-13(16)7-11/h2-5,11H,6-8H2,1H3,(H,14,15,16). The molecule has 1 aromatic carbocycles. The lowest BCUT2D eigenvalue weighted by atomic mass is 9.89. The van der Waals surface area contributed by atoms with Gasteiger partial charge in [0.25, 0.3) is 0 Å². The van der Waals surface area contributed by atoms with Crippen molar-refractivity contribution in [3.63, 3.8) is 0 Å². The molecule has 0 bridgehead atoms. The van der Waals surface area contributed by atoms with E-state index in [4.69, 9.17) is 4.74 Å². The van der Waals surface area contributed by atoms with Crippen LogP contribution < -0.4 is 5.32 Å². The Morgan fingerprint density at radius 2 is 2.00 bits per heavy atom.